The summed E-state index contributed by atoms with van der Waals surface area (Å²) in [5, 5.41) is 5.03. The number of morpholine rings is 1. The molecule has 2 N–H and O–H groups in total. The predicted octanol–water partition coefficient (Wildman–Crippen LogP) is 4.23. The lowest BCUT2D eigenvalue weighted by Crippen LogP contribution is -2.38. The zero-order chi connectivity index (χ0) is 31.8. The van der Waals surface area contributed by atoms with E-state index in [4.69, 9.17) is 18.9 Å². The number of carbonyl (C=O) groups excluding carboxylic acids is 4. The summed E-state index contributed by atoms with van der Waals surface area (Å²) in [5.74, 6) is -0.302. The molecule has 3 aromatic rings. The molecule has 0 aromatic heterocycles. The molecule has 0 radical (unpaired) electrons. The van der Waals surface area contributed by atoms with Crippen molar-refractivity contribution >= 4 is 57.9 Å². The van der Waals surface area contributed by atoms with Gasteiger partial charge in [0, 0.05) is 13.1 Å². The van der Waals surface area contributed by atoms with Crippen molar-refractivity contribution < 1.29 is 38.1 Å². The Morgan fingerprint density at radius 3 is 2.31 bits per heavy atom. The zero-order valence-electron chi connectivity index (χ0n) is 24.7. The number of carbonyl (C=O) groups is 4. The maximum absolute atomic E-state index is 13.1. The van der Waals surface area contributed by atoms with Crippen LogP contribution in [0.5, 0.6) is 17.2 Å². The largest absolute Gasteiger partial charge is 0.495 e. The molecule has 0 aliphatic carbocycles. The Bertz CT molecular complexity index is 1620. The van der Waals surface area contributed by atoms with E-state index in [1.807, 2.05) is 18.2 Å². The number of anilines is 3. The van der Waals surface area contributed by atoms with Crippen molar-refractivity contribution in [3.63, 3.8) is 0 Å². The van der Waals surface area contributed by atoms with Gasteiger partial charge in [0.25, 0.3) is 17.1 Å². The molecule has 0 unspecified atom stereocenters. The highest BCUT2D eigenvalue weighted by Gasteiger charge is 2.36. The summed E-state index contributed by atoms with van der Waals surface area (Å²) in [6, 6.07) is 19.3. The van der Waals surface area contributed by atoms with Gasteiger partial charge in [0.2, 0.25) is 5.91 Å². The average Bonchev–Trinajstić information content (AvgIpc) is 3.31. The molecule has 5 rings (SSSR count). The van der Waals surface area contributed by atoms with Gasteiger partial charge in [0.1, 0.15) is 12.3 Å². The lowest BCUT2D eigenvalue weighted by atomic mass is 10.2. The molecule has 45 heavy (non-hydrogen) atoms. The van der Waals surface area contributed by atoms with Crippen LogP contribution in [0.25, 0.3) is 6.08 Å². The minimum Gasteiger partial charge on any atom is -0.495 e. The average molecular weight is 633 g/mol. The normalized spacial score (nSPS) is 15.6. The Morgan fingerprint density at radius 1 is 0.867 bits per heavy atom. The first-order valence-corrected chi connectivity index (χ1v) is 14.9. The lowest BCUT2D eigenvalue weighted by Gasteiger charge is -2.30. The van der Waals surface area contributed by atoms with E-state index in [0.29, 0.717) is 60.5 Å². The van der Waals surface area contributed by atoms with Crippen LogP contribution in [0.1, 0.15) is 5.56 Å². The highest BCUT2D eigenvalue weighted by Crippen LogP contribution is 2.35. The first kappa shape index (κ1) is 31.4. The third kappa shape index (κ3) is 7.75. The summed E-state index contributed by atoms with van der Waals surface area (Å²) in [6.07, 6.45) is 1.54. The summed E-state index contributed by atoms with van der Waals surface area (Å²) >= 11 is 0.748. The molecule has 2 aliphatic rings. The van der Waals surface area contributed by atoms with Crippen LogP contribution in [0.15, 0.2) is 71.6 Å². The van der Waals surface area contributed by atoms with Crippen molar-refractivity contribution in [2.75, 3.05) is 69.2 Å². The summed E-state index contributed by atoms with van der Waals surface area (Å²) in [4.78, 5) is 54.4. The number of rotatable bonds is 11. The van der Waals surface area contributed by atoms with E-state index in [2.05, 4.69) is 15.5 Å². The first-order valence-electron chi connectivity index (χ1n) is 14.1. The lowest BCUT2D eigenvalue weighted by molar-refractivity contribution is -0.127. The van der Waals surface area contributed by atoms with E-state index in [1.165, 1.54) is 20.3 Å². The van der Waals surface area contributed by atoms with Crippen molar-refractivity contribution in [3.05, 3.63) is 77.2 Å². The fourth-order valence-electron chi connectivity index (χ4n) is 4.75. The van der Waals surface area contributed by atoms with Crippen LogP contribution in [-0.2, 0) is 19.1 Å². The van der Waals surface area contributed by atoms with Gasteiger partial charge in [-0.1, -0.05) is 30.3 Å². The number of thioether (sulfide) groups is 1. The Morgan fingerprint density at radius 2 is 1.56 bits per heavy atom. The van der Waals surface area contributed by atoms with Crippen molar-refractivity contribution in [3.8, 4) is 17.2 Å². The van der Waals surface area contributed by atoms with E-state index < -0.39 is 29.5 Å². The number of hydrogen-bond acceptors (Lipinski definition) is 10. The fourth-order valence-corrected chi connectivity index (χ4v) is 5.59. The maximum Gasteiger partial charge on any atom is 0.294 e. The SMILES string of the molecule is COc1ccccc1NC(=O)COc1ccc(/C=C2\SC(=O)N(CC(=O)Nc3ccccc3N3CCOCC3)C2=O)cc1OC. The number of hydrogen-bond donors (Lipinski definition) is 2. The maximum atomic E-state index is 13.1. The third-order valence-electron chi connectivity index (χ3n) is 6.93. The molecule has 3 aromatic carbocycles. The quantitative estimate of drug-likeness (QED) is 0.296. The van der Waals surface area contributed by atoms with E-state index in [-0.39, 0.29) is 11.5 Å². The second-order valence-electron chi connectivity index (χ2n) is 9.88. The Hall–Kier alpha value is -5.01. The second kappa shape index (κ2) is 14.6. The van der Waals surface area contributed by atoms with Crippen LogP contribution < -0.4 is 29.7 Å². The molecule has 2 aliphatic heterocycles. The van der Waals surface area contributed by atoms with E-state index in [0.717, 1.165) is 22.3 Å². The smallest absolute Gasteiger partial charge is 0.294 e. The first-order chi connectivity index (χ1) is 21.9. The molecular formula is C32H32N4O8S. The van der Waals surface area contributed by atoms with Crippen LogP contribution >= 0.6 is 11.8 Å². The molecule has 234 valence electrons. The number of benzene rings is 3. The van der Waals surface area contributed by atoms with Gasteiger partial charge >= 0.3 is 0 Å². The van der Waals surface area contributed by atoms with Gasteiger partial charge in [-0.3, -0.25) is 24.1 Å². The van der Waals surface area contributed by atoms with Crippen molar-refractivity contribution in [1.29, 1.82) is 0 Å². The van der Waals surface area contributed by atoms with E-state index >= 15 is 0 Å². The summed E-state index contributed by atoms with van der Waals surface area (Å²) in [5.41, 5.74) is 2.52. The number of imide groups is 1. The minimum atomic E-state index is -0.575. The summed E-state index contributed by atoms with van der Waals surface area (Å²) in [6.45, 7) is 1.86. The van der Waals surface area contributed by atoms with Gasteiger partial charge in [0.05, 0.1) is 49.4 Å². The van der Waals surface area contributed by atoms with Crippen LogP contribution in [-0.4, -0.2) is 81.5 Å². The Labute approximate surface area is 264 Å². The van der Waals surface area contributed by atoms with Gasteiger partial charge in [-0.25, -0.2) is 0 Å². The molecule has 0 atom stereocenters. The molecular weight excluding hydrogens is 600 g/mol. The standard InChI is InChI=1S/C32H32N4O8S/c1-41-25-10-6-4-8-23(25)34-30(38)20-44-26-12-11-21(17-27(26)42-2)18-28-31(39)36(32(40)45-28)19-29(37)33-22-7-3-5-9-24(22)35-13-15-43-16-14-35/h3-12,17-18H,13-16,19-20H2,1-2H3,(H,33,37)(H,34,38)/b28-18-. The van der Waals surface area contributed by atoms with Crippen molar-refractivity contribution in [1.82, 2.24) is 4.90 Å². The molecule has 2 fully saturated rings. The number of ether oxygens (including phenoxy) is 4. The molecule has 0 saturated carbocycles. The molecule has 12 nitrogen and oxygen atoms in total. The number of nitrogens with one attached hydrogen (secondary N) is 2. The highest BCUT2D eigenvalue weighted by atomic mass is 32.2. The number of nitrogens with zero attached hydrogens (tertiary/aromatic N) is 2. The monoisotopic (exact) mass is 632 g/mol. The van der Waals surface area contributed by atoms with Crippen LogP contribution in [0.4, 0.5) is 21.9 Å². The van der Waals surface area contributed by atoms with Gasteiger partial charge in [-0.2, -0.15) is 0 Å². The van der Waals surface area contributed by atoms with Crippen LogP contribution in [0.3, 0.4) is 0 Å². The molecule has 2 saturated heterocycles. The van der Waals surface area contributed by atoms with Gasteiger partial charge < -0.3 is 34.5 Å². The second-order valence-corrected chi connectivity index (χ2v) is 10.9. The van der Waals surface area contributed by atoms with Crippen molar-refractivity contribution in [2.24, 2.45) is 0 Å². The van der Waals surface area contributed by atoms with Crippen LogP contribution in [0, 0.1) is 0 Å². The molecule has 0 spiro atoms. The Kier molecular flexibility index (Phi) is 10.2. The van der Waals surface area contributed by atoms with Gasteiger partial charge in [0.15, 0.2) is 18.1 Å². The molecule has 0 bridgehead atoms. The summed E-state index contributed by atoms with van der Waals surface area (Å²) in [7, 11) is 2.96. The van der Waals surface area contributed by atoms with Gasteiger partial charge in [-0.05, 0) is 59.8 Å². The predicted molar refractivity (Wildman–Crippen MR) is 171 cm³/mol. The molecule has 2 heterocycles. The van der Waals surface area contributed by atoms with Crippen LogP contribution in [0.2, 0.25) is 0 Å². The highest BCUT2D eigenvalue weighted by molar-refractivity contribution is 8.18. The summed E-state index contributed by atoms with van der Waals surface area (Å²) < 4.78 is 21.8. The Balaban J connectivity index is 1.20. The number of para-hydroxylation sites is 4. The van der Waals surface area contributed by atoms with E-state index in [1.54, 1.807) is 48.5 Å². The topological polar surface area (TPSA) is 136 Å². The van der Waals surface area contributed by atoms with E-state index in [9.17, 15) is 19.2 Å². The number of methoxy groups -OCH3 is 2. The van der Waals surface area contributed by atoms with Gasteiger partial charge in [-0.15, -0.1) is 0 Å². The minimum absolute atomic E-state index is 0.161. The zero-order valence-corrected chi connectivity index (χ0v) is 25.6. The molecule has 4 amide bonds. The fraction of sp³-hybridized carbons (Fsp3) is 0.250. The number of amides is 4. The molecule has 13 heteroatoms. The third-order valence-corrected chi connectivity index (χ3v) is 7.84. The van der Waals surface area contributed by atoms with Crippen molar-refractivity contribution in [2.45, 2.75) is 0 Å².